The van der Waals surface area contributed by atoms with E-state index in [9.17, 15) is 0 Å². The Morgan fingerprint density at radius 3 is 2.70 bits per heavy atom. The van der Waals surface area contributed by atoms with E-state index in [4.69, 9.17) is 10.7 Å². The van der Waals surface area contributed by atoms with Crippen LogP contribution in [0.1, 0.15) is 47.0 Å². The molecular formula is C17H22N2S. The molecule has 0 saturated heterocycles. The lowest BCUT2D eigenvalue weighted by atomic mass is 9.98. The topological polar surface area (TPSA) is 38.9 Å². The van der Waals surface area contributed by atoms with E-state index < -0.39 is 0 Å². The molecule has 0 atom stereocenters. The number of hydrogen-bond donors (Lipinski definition) is 1. The molecule has 2 aromatic rings. The van der Waals surface area contributed by atoms with Gasteiger partial charge in [-0.3, -0.25) is 0 Å². The number of nitrogens with two attached hydrogens (primary N) is 1. The molecule has 2 nitrogen and oxygen atoms in total. The van der Waals surface area contributed by atoms with Gasteiger partial charge in [-0.15, -0.1) is 11.3 Å². The van der Waals surface area contributed by atoms with E-state index >= 15 is 0 Å². The van der Waals surface area contributed by atoms with Gasteiger partial charge in [0.15, 0.2) is 0 Å². The number of aromatic nitrogens is 1. The molecule has 0 radical (unpaired) electrons. The van der Waals surface area contributed by atoms with E-state index in [1.54, 1.807) is 0 Å². The summed E-state index contributed by atoms with van der Waals surface area (Å²) in [6.45, 7) is 2.86. The van der Waals surface area contributed by atoms with Crippen molar-refractivity contribution in [3.05, 3.63) is 39.7 Å². The molecule has 1 aromatic carbocycles. The number of thiazole rings is 1. The highest BCUT2D eigenvalue weighted by molar-refractivity contribution is 7.12. The van der Waals surface area contributed by atoms with Gasteiger partial charge in [0.05, 0.1) is 10.7 Å². The molecule has 106 valence electrons. The smallest absolute Gasteiger partial charge is 0.0948 e. The average molecular weight is 286 g/mol. The molecule has 0 spiro atoms. The zero-order chi connectivity index (χ0) is 13.9. The van der Waals surface area contributed by atoms with E-state index in [0.717, 1.165) is 6.42 Å². The average Bonchev–Trinajstić information content (AvgIpc) is 3.08. The molecule has 1 aromatic heterocycles. The van der Waals surface area contributed by atoms with Crippen molar-refractivity contribution in [1.82, 2.24) is 4.98 Å². The van der Waals surface area contributed by atoms with Crippen LogP contribution >= 0.6 is 11.3 Å². The Balaban J connectivity index is 2.05. The van der Waals surface area contributed by atoms with Crippen molar-refractivity contribution in [1.29, 1.82) is 0 Å². The SMILES string of the molecule is Cc1ccccc1-c1nc(CCN)sc1C1CCCC1. The highest BCUT2D eigenvalue weighted by Gasteiger charge is 2.24. The van der Waals surface area contributed by atoms with Crippen LogP contribution < -0.4 is 5.73 Å². The highest BCUT2D eigenvalue weighted by Crippen LogP contribution is 2.42. The van der Waals surface area contributed by atoms with Gasteiger partial charge in [-0.05, 0) is 37.8 Å². The summed E-state index contributed by atoms with van der Waals surface area (Å²) in [6, 6.07) is 8.59. The lowest BCUT2D eigenvalue weighted by Gasteiger charge is -2.10. The second-order valence-corrected chi connectivity index (χ2v) is 6.77. The Morgan fingerprint density at radius 2 is 2.00 bits per heavy atom. The van der Waals surface area contributed by atoms with Gasteiger partial charge in [0.1, 0.15) is 0 Å². The van der Waals surface area contributed by atoms with E-state index in [1.807, 2.05) is 11.3 Å². The summed E-state index contributed by atoms with van der Waals surface area (Å²) >= 11 is 1.89. The fourth-order valence-corrected chi connectivity index (χ4v) is 4.37. The summed E-state index contributed by atoms with van der Waals surface area (Å²) in [7, 11) is 0. The summed E-state index contributed by atoms with van der Waals surface area (Å²) in [4.78, 5) is 6.41. The normalized spacial score (nSPS) is 15.9. The minimum absolute atomic E-state index is 0.685. The molecule has 20 heavy (non-hydrogen) atoms. The van der Waals surface area contributed by atoms with Gasteiger partial charge < -0.3 is 5.73 Å². The number of nitrogens with zero attached hydrogens (tertiary/aromatic N) is 1. The van der Waals surface area contributed by atoms with Crippen LogP contribution in [0.5, 0.6) is 0 Å². The van der Waals surface area contributed by atoms with Crippen molar-refractivity contribution in [3.8, 4) is 11.3 Å². The predicted octanol–water partition coefficient (Wildman–Crippen LogP) is 4.28. The predicted molar refractivity (Wildman–Crippen MR) is 86.3 cm³/mol. The third-order valence-electron chi connectivity index (χ3n) is 4.18. The number of aryl methyl sites for hydroxylation is 1. The molecule has 3 heteroatoms. The summed E-state index contributed by atoms with van der Waals surface area (Å²) in [6.07, 6.45) is 6.27. The molecule has 0 amide bonds. The Morgan fingerprint density at radius 1 is 1.25 bits per heavy atom. The van der Waals surface area contributed by atoms with Crippen molar-refractivity contribution >= 4 is 11.3 Å². The number of benzene rings is 1. The van der Waals surface area contributed by atoms with Gasteiger partial charge in [-0.1, -0.05) is 37.1 Å². The van der Waals surface area contributed by atoms with Crippen LogP contribution in [0.25, 0.3) is 11.3 Å². The lowest BCUT2D eigenvalue weighted by molar-refractivity contribution is 0.738. The second-order valence-electron chi connectivity index (χ2n) is 5.66. The second kappa shape index (κ2) is 6.06. The van der Waals surface area contributed by atoms with E-state index in [-0.39, 0.29) is 0 Å². The molecule has 2 N–H and O–H groups in total. The minimum Gasteiger partial charge on any atom is -0.330 e. The third-order valence-corrected chi connectivity index (χ3v) is 5.46. The van der Waals surface area contributed by atoms with Gasteiger partial charge in [0.25, 0.3) is 0 Å². The molecule has 1 fully saturated rings. The zero-order valence-electron chi connectivity index (χ0n) is 12.1. The van der Waals surface area contributed by atoms with Crippen molar-refractivity contribution < 1.29 is 0 Å². The molecule has 0 bridgehead atoms. The standard InChI is InChI=1S/C17H22N2S/c1-12-6-2-5-9-14(12)16-17(13-7-3-4-8-13)20-15(19-16)10-11-18/h2,5-6,9,13H,3-4,7-8,10-11,18H2,1H3. The molecule has 3 rings (SSSR count). The molecule has 1 aliphatic rings. The van der Waals surface area contributed by atoms with Crippen LogP contribution in [-0.4, -0.2) is 11.5 Å². The maximum Gasteiger partial charge on any atom is 0.0948 e. The van der Waals surface area contributed by atoms with Gasteiger partial charge in [-0.2, -0.15) is 0 Å². The first-order chi connectivity index (χ1) is 9.79. The van der Waals surface area contributed by atoms with Crippen LogP contribution in [0.4, 0.5) is 0 Å². The molecular weight excluding hydrogens is 264 g/mol. The van der Waals surface area contributed by atoms with Crippen LogP contribution in [-0.2, 0) is 6.42 Å². The largest absolute Gasteiger partial charge is 0.330 e. The van der Waals surface area contributed by atoms with Crippen molar-refractivity contribution in [2.75, 3.05) is 6.54 Å². The fourth-order valence-electron chi connectivity index (χ4n) is 3.10. The quantitative estimate of drug-likeness (QED) is 0.911. The van der Waals surface area contributed by atoms with Crippen LogP contribution in [0.15, 0.2) is 24.3 Å². The molecule has 1 saturated carbocycles. The third kappa shape index (κ3) is 2.65. The first-order valence-electron chi connectivity index (χ1n) is 7.55. The van der Waals surface area contributed by atoms with E-state index in [0.29, 0.717) is 12.5 Å². The van der Waals surface area contributed by atoms with Gasteiger partial charge in [0.2, 0.25) is 0 Å². The summed E-state index contributed by atoms with van der Waals surface area (Å²) in [5.41, 5.74) is 9.55. The molecule has 1 heterocycles. The van der Waals surface area contributed by atoms with Crippen molar-refractivity contribution in [2.24, 2.45) is 5.73 Å². The van der Waals surface area contributed by atoms with E-state index in [2.05, 4.69) is 31.2 Å². The molecule has 0 aliphatic heterocycles. The summed E-state index contributed by atoms with van der Waals surface area (Å²) < 4.78 is 0. The molecule has 1 aliphatic carbocycles. The van der Waals surface area contributed by atoms with Crippen LogP contribution in [0.3, 0.4) is 0 Å². The first kappa shape index (κ1) is 13.8. The Labute approximate surface area is 125 Å². The summed E-state index contributed by atoms with van der Waals surface area (Å²) in [5.74, 6) is 0.716. The first-order valence-corrected chi connectivity index (χ1v) is 8.37. The monoisotopic (exact) mass is 286 g/mol. The van der Waals surface area contributed by atoms with Crippen molar-refractivity contribution in [2.45, 2.75) is 44.9 Å². The Hall–Kier alpha value is -1.19. The molecule has 0 unspecified atom stereocenters. The maximum atomic E-state index is 5.71. The maximum absolute atomic E-state index is 5.71. The number of hydrogen-bond acceptors (Lipinski definition) is 3. The zero-order valence-corrected chi connectivity index (χ0v) is 12.9. The van der Waals surface area contributed by atoms with Crippen LogP contribution in [0.2, 0.25) is 0 Å². The van der Waals surface area contributed by atoms with Gasteiger partial charge in [0, 0.05) is 16.9 Å². The van der Waals surface area contributed by atoms with Crippen molar-refractivity contribution in [3.63, 3.8) is 0 Å². The fraction of sp³-hybridized carbons (Fsp3) is 0.471. The highest BCUT2D eigenvalue weighted by atomic mass is 32.1. The lowest BCUT2D eigenvalue weighted by Crippen LogP contribution is -2.02. The van der Waals surface area contributed by atoms with Gasteiger partial charge >= 0.3 is 0 Å². The Bertz CT molecular complexity index is 582. The van der Waals surface area contributed by atoms with Gasteiger partial charge in [-0.25, -0.2) is 4.98 Å². The Kier molecular flexibility index (Phi) is 4.18. The summed E-state index contributed by atoms with van der Waals surface area (Å²) in [5, 5.41) is 1.20. The number of rotatable bonds is 4. The van der Waals surface area contributed by atoms with Crippen LogP contribution in [0, 0.1) is 6.92 Å². The van der Waals surface area contributed by atoms with E-state index in [1.165, 1.54) is 52.4 Å². The minimum atomic E-state index is 0.685.